The van der Waals surface area contributed by atoms with E-state index >= 15 is 0 Å². The highest BCUT2D eigenvalue weighted by Gasteiger charge is 2.17. The average Bonchev–Trinajstić information content (AvgIpc) is 2.70. The first-order chi connectivity index (χ1) is 8.75. The molecule has 1 aromatic heterocycles. The van der Waals surface area contributed by atoms with Gasteiger partial charge in [-0.3, -0.25) is 4.57 Å². The molecule has 2 aromatic rings. The number of rotatable bonds is 2. The number of benzene rings is 1. The van der Waals surface area contributed by atoms with E-state index in [4.69, 9.17) is 0 Å². The molecule has 0 spiro atoms. The lowest BCUT2D eigenvalue weighted by Gasteiger charge is -2.21. The second-order valence-electron chi connectivity index (χ2n) is 4.77. The Balaban J connectivity index is 1.98. The van der Waals surface area contributed by atoms with Crippen molar-refractivity contribution in [2.45, 2.75) is 19.4 Å². The SMILES string of the molecule is O=c1[nH]c2c(O)cccc2n1CC1CCSCC1. The molecule has 0 unspecified atom stereocenters. The first-order valence-electron chi connectivity index (χ1n) is 6.24. The topological polar surface area (TPSA) is 58.0 Å². The molecule has 0 bridgehead atoms. The van der Waals surface area contributed by atoms with Gasteiger partial charge in [0, 0.05) is 6.54 Å². The number of phenolic OH excluding ortho intramolecular Hbond substituents is 1. The van der Waals surface area contributed by atoms with Gasteiger partial charge in [-0.1, -0.05) is 6.07 Å². The number of thioether (sulfide) groups is 1. The van der Waals surface area contributed by atoms with Crippen LogP contribution in [0.4, 0.5) is 0 Å². The van der Waals surface area contributed by atoms with Crippen LogP contribution < -0.4 is 5.69 Å². The minimum atomic E-state index is -0.121. The molecule has 0 aliphatic carbocycles. The fraction of sp³-hybridized carbons (Fsp3) is 0.462. The monoisotopic (exact) mass is 264 g/mol. The van der Waals surface area contributed by atoms with Crippen LogP contribution in [-0.4, -0.2) is 26.2 Å². The predicted molar refractivity (Wildman–Crippen MR) is 74.3 cm³/mol. The number of nitrogens with one attached hydrogen (secondary N) is 1. The van der Waals surface area contributed by atoms with Crippen LogP contribution in [0.5, 0.6) is 5.75 Å². The molecule has 2 heterocycles. The van der Waals surface area contributed by atoms with Gasteiger partial charge in [-0.25, -0.2) is 4.79 Å². The summed E-state index contributed by atoms with van der Waals surface area (Å²) >= 11 is 1.99. The maximum atomic E-state index is 12.0. The van der Waals surface area contributed by atoms with Crippen molar-refractivity contribution < 1.29 is 5.11 Å². The number of aromatic hydroxyl groups is 1. The Morgan fingerprint density at radius 2 is 2.17 bits per heavy atom. The maximum Gasteiger partial charge on any atom is 0.326 e. The van der Waals surface area contributed by atoms with Crippen molar-refractivity contribution >= 4 is 22.8 Å². The van der Waals surface area contributed by atoms with E-state index < -0.39 is 0 Å². The van der Waals surface area contributed by atoms with Gasteiger partial charge < -0.3 is 10.1 Å². The van der Waals surface area contributed by atoms with Crippen LogP contribution >= 0.6 is 11.8 Å². The van der Waals surface area contributed by atoms with Gasteiger partial charge in [-0.2, -0.15) is 11.8 Å². The van der Waals surface area contributed by atoms with E-state index in [2.05, 4.69) is 4.98 Å². The Labute approximate surface area is 109 Å². The van der Waals surface area contributed by atoms with Crippen LogP contribution in [0, 0.1) is 5.92 Å². The van der Waals surface area contributed by atoms with Crippen molar-refractivity contribution in [3.8, 4) is 5.75 Å². The summed E-state index contributed by atoms with van der Waals surface area (Å²) in [5.74, 6) is 3.09. The van der Waals surface area contributed by atoms with Crippen LogP contribution in [0.2, 0.25) is 0 Å². The third-order valence-electron chi connectivity index (χ3n) is 3.57. The molecule has 4 nitrogen and oxygen atoms in total. The zero-order valence-corrected chi connectivity index (χ0v) is 10.9. The summed E-state index contributed by atoms with van der Waals surface area (Å²) in [4.78, 5) is 14.7. The van der Waals surface area contributed by atoms with Gasteiger partial charge >= 0.3 is 5.69 Å². The molecule has 1 aromatic carbocycles. The molecule has 5 heteroatoms. The molecule has 1 fully saturated rings. The standard InChI is InChI=1S/C13H16N2O2S/c16-11-3-1-2-10-12(11)14-13(17)15(10)8-9-4-6-18-7-5-9/h1-3,9,16H,4-8H2,(H,14,17). The second-order valence-corrected chi connectivity index (χ2v) is 5.99. The lowest BCUT2D eigenvalue weighted by molar-refractivity contribution is 0.417. The van der Waals surface area contributed by atoms with Crippen LogP contribution in [0.1, 0.15) is 12.8 Å². The van der Waals surface area contributed by atoms with Crippen LogP contribution in [0.15, 0.2) is 23.0 Å². The maximum absolute atomic E-state index is 12.0. The summed E-state index contributed by atoms with van der Waals surface area (Å²) in [5.41, 5.74) is 1.23. The Kier molecular flexibility index (Phi) is 3.07. The van der Waals surface area contributed by atoms with E-state index in [1.165, 1.54) is 24.3 Å². The van der Waals surface area contributed by atoms with Crippen LogP contribution in [0.25, 0.3) is 11.0 Å². The summed E-state index contributed by atoms with van der Waals surface area (Å²) in [6, 6.07) is 5.25. The summed E-state index contributed by atoms with van der Waals surface area (Å²) in [6.07, 6.45) is 2.34. The second kappa shape index (κ2) is 4.72. The van der Waals surface area contributed by atoms with Crippen molar-refractivity contribution in [1.82, 2.24) is 9.55 Å². The summed E-state index contributed by atoms with van der Waals surface area (Å²) in [7, 11) is 0. The largest absolute Gasteiger partial charge is 0.506 e. The minimum Gasteiger partial charge on any atom is -0.506 e. The van der Waals surface area contributed by atoms with Crippen molar-refractivity contribution in [3.63, 3.8) is 0 Å². The Morgan fingerprint density at radius 1 is 1.39 bits per heavy atom. The van der Waals surface area contributed by atoms with Gasteiger partial charge in [0.2, 0.25) is 0 Å². The lowest BCUT2D eigenvalue weighted by Crippen LogP contribution is -2.23. The van der Waals surface area contributed by atoms with E-state index in [-0.39, 0.29) is 11.4 Å². The molecule has 1 aliphatic rings. The van der Waals surface area contributed by atoms with Crippen LogP contribution in [0.3, 0.4) is 0 Å². The van der Waals surface area contributed by atoms with Crippen molar-refractivity contribution in [3.05, 3.63) is 28.7 Å². The first kappa shape index (κ1) is 11.7. The molecule has 0 amide bonds. The molecule has 1 saturated heterocycles. The highest BCUT2D eigenvalue weighted by molar-refractivity contribution is 7.99. The Bertz CT molecular complexity index is 611. The van der Waals surface area contributed by atoms with Crippen molar-refractivity contribution in [1.29, 1.82) is 0 Å². The number of hydrogen-bond donors (Lipinski definition) is 2. The van der Waals surface area contributed by atoms with Gasteiger partial charge in [0.15, 0.2) is 0 Å². The number of hydrogen-bond acceptors (Lipinski definition) is 3. The Morgan fingerprint density at radius 3 is 2.94 bits per heavy atom. The molecular weight excluding hydrogens is 248 g/mol. The van der Waals surface area contributed by atoms with Crippen molar-refractivity contribution in [2.24, 2.45) is 5.92 Å². The zero-order valence-electron chi connectivity index (χ0n) is 10.1. The van der Waals surface area contributed by atoms with E-state index in [0.717, 1.165) is 12.1 Å². The number of H-pyrrole nitrogens is 1. The van der Waals surface area contributed by atoms with E-state index in [9.17, 15) is 9.90 Å². The molecule has 2 N–H and O–H groups in total. The molecule has 96 valence electrons. The van der Waals surface area contributed by atoms with Gasteiger partial charge in [-0.05, 0) is 42.4 Å². The van der Waals surface area contributed by atoms with Gasteiger partial charge in [-0.15, -0.1) is 0 Å². The lowest BCUT2D eigenvalue weighted by atomic mass is 10.0. The molecule has 3 rings (SSSR count). The molecular formula is C13H16N2O2S. The number of fused-ring (bicyclic) bond motifs is 1. The third-order valence-corrected chi connectivity index (χ3v) is 4.62. The normalized spacial score (nSPS) is 17.3. The smallest absolute Gasteiger partial charge is 0.326 e. The van der Waals surface area contributed by atoms with Crippen LogP contribution in [-0.2, 0) is 6.54 Å². The highest BCUT2D eigenvalue weighted by atomic mass is 32.2. The number of phenols is 1. The van der Waals surface area contributed by atoms with Gasteiger partial charge in [0.25, 0.3) is 0 Å². The quantitative estimate of drug-likeness (QED) is 0.874. The van der Waals surface area contributed by atoms with E-state index in [1.54, 1.807) is 16.7 Å². The average molecular weight is 264 g/mol. The number of imidazole rings is 1. The number of aromatic amines is 1. The summed E-state index contributed by atoms with van der Waals surface area (Å²) in [5, 5.41) is 9.73. The minimum absolute atomic E-state index is 0.121. The molecule has 0 saturated carbocycles. The molecule has 1 aliphatic heterocycles. The molecule has 18 heavy (non-hydrogen) atoms. The highest BCUT2D eigenvalue weighted by Crippen LogP contribution is 2.26. The summed E-state index contributed by atoms with van der Waals surface area (Å²) < 4.78 is 1.76. The molecule has 0 atom stereocenters. The third kappa shape index (κ3) is 2.03. The van der Waals surface area contributed by atoms with Crippen molar-refractivity contribution in [2.75, 3.05) is 11.5 Å². The van der Waals surface area contributed by atoms with Gasteiger partial charge in [0.1, 0.15) is 11.3 Å². The number of nitrogens with zero attached hydrogens (tertiary/aromatic N) is 1. The predicted octanol–water partition coefficient (Wildman–Crippen LogP) is 2.18. The number of aromatic nitrogens is 2. The Hall–Kier alpha value is -1.36. The fourth-order valence-corrected chi connectivity index (χ4v) is 3.74. The first-order valence-corrected chi connectivity index (χ1v) is 7.39. The summed E-state index contributed by atoms with van der Waals surface area (Å²) in [6.45, 7) is 0.753. The fourth-order valence-electron chi connectivity index (χ4n) is 2.53. The van der Waals surface area contributed by atoms with E-state index in [0.29, 0.717) is 11.4 Å². The number of para-hydroxylation sites is 1. The zero-order chi connectivity index (χ0) is 12.5. The van der Waals surface area contributed by atoms with Gasteiger partial charge in [0.05, 0.1) is 5.52 Å². The van der Waals surface area contributed by atoms with E-state index in [1.807, 2.05) is 17.8 Å². The molecule has 0 radical (unpaired) electrons.